The minimum atomic E-state index is -0.800. The van der Waals surface area contributed by atoms with Gasteiger partial charge in [0.05, 0.1) is 10.5 Å². The summed E-state index contributed by atoms with van der Waals surface area (Å²) in [6, 6.07) is 3.83. The number of rotatable bonds is 3. The van der Waals surface area contributed by atoms with E-state index in [1.54, 1.807) is 11.8 Å². The summed E-state index contributed by atoms with van der Waals surface area (Å²) < 4.78 is 0. The number of thiophene rings is 1. The highest BCUT2D eigenvalue weighted by Gasteiger charge is 2.31. The number of likely N-dealkylation sites (tertiary alicyclic amines) is 1. The van der Waals surface area contributed by atoms with Crippen LogP contribution in [0.15, 0.2) is 17.5 Å². The van der Waals surface area contributed by atoms with Crippen LogP contribution >= 0.6 is 11.3 Å². The van der Waals surface area contributed by atoms with Crippen LogP contribution in [0.5, 0.6) is 0 Å². The number of aliphatic hydroxyl groups is 1. The molecule has 0 radical (unpaired) electrons. The van der Waals surface area contributed by atoms with E-state index in [9.17, 15) is 9.90 Å². The van der Waals surface area contributed by atoms with Crippen molar-refractivity contribution < 1.29 is 9.90 Å². The highest BCUT2D eigenvalue weighted by Crippen LogP contribution is 2.21. The first-order valence-corrected chi connectivity index (χ1v) is 7.73. The Morgan fingerprint density at radius 3 is 3.14 bits per heavy atom. The number of nitrogens with zero attached hydrogens (tertiary/aromatic N) is 5. The monoisotopic (exact) mass is 307 g/mol. The predicted octanol–water partition coefficient (Wildman–Crippen LogP) is 0.775. The Labute approximate surface area is 126 Å². The summed E-state index contributed by atoms with van der Waals surface area (Å²) in [5, 5.41) is 24.1. The zero-order chi connectivity index (χ0) is 14.9. The maximum absolute atomic E-state index is 12.2. The van der Waals surface area contributed by atoms with Gasteiger partial charge in [-0.25, -0.2) is 0 Å². The van der Waals surface area contributed by atoms with E-state index in [1.165, 1.54) is 16.1 Å². The molecule has 1 aliphatic heterocycles. The van der Waals surface area contributed by atoms with Crippen molar-refractivity contribution in [2.75, 3.05) is 13.1 Å². The molecule has 112 valence electrons. The van der Waals surface area contributed by atoms with Gasteiger partial charge in [-0.3, -0.25) is 4.79 Å². The van der Waals surface area contributed by atoms with Gasteiger partial charge in [0.25, 0.3) is 0 Å². The van der Waals surface area contributed by atoms with Gasteiger partial charge in [0.2, 0.25) is 11.7 Å². The first-order chi connectivity index (χ1) is 10.0. The number of amides is 1. The van der Waals surface area contributed by atoms with Crippen molar-refractivity contribution in [2.45, 2.75) is 31.9 Å². The zero-order valence-corrected chi connectivity index (χ0v) is 12.6. The van der Waals surface area contributed by atoms with Crippen LogP contribution in [0.25, 0.3) is 10.7 Å². The molecule has 1 N–H and O–H groups in total. The third-order valence-electron chi connectivity index (χ3n) is 3.50. The molecule has 1 saturated heterocycles. The summed E-state index contributed by atoms with van der Waals surface area (Å²) in [5.41, 5.74) is -0.800. The molecule has 1 amide bonds. The quantitative estimate of drug-likeness (QED) is 0.905. The number of piperidine rings is 1. The van der Waals surface area contributed by atoms with Crippen molar-refractivity contribution in [3.63, 3.8) is 0 Å². The Morgan fingerprint density at radius 1 is 1.57 bits per heavy atom. The van der Waals surface area contributed by atoms with Gasteiger partial charge in [0.15, 0.2) is 0 Å². The molecule has 3 heterocycles. The maximum atomic E-state index is 12.2. The number of carbonyl (C=O) groups is 1. The van der Waals surface area contributed by atoms with Crippen molar-refractivity contribution in [1.29, 1.82) is 0 Å². The Bertz CT molecular complexity index is 622. The van der Waals surface area contributed by atoms with Crippen molar-refractivity contribution >= 4 is 17.2 Å². The van der Waals surface area contributed by atoms with E-state index in [4.69, 9.17) is 0 Å². The second-order valence-corrected chi connectivity index (χ2v) is 6.48. The van der Waals surface area contributed by atoms with Crippen molar-refractivity contribution in [3.8, 4) is 10.7 Å². The van der Waals surface area contributed by atoms with Crippen LogP contribution in [0.2, 0.25) is 0 Å². The number of carbonyl (C=O) groups excluding carboxylic acids is 1. The predicted molar refractivity (Wildman–Crippen MR) is 77.6 cm³/mol. The molecule has 0 aliphatic carbocycles. The molecule has 1 unspecified atom stereocenters. The summed E-state index contributed by atoms with van der Waals surface area (Å²) in [6.45, 7) is 2.84. The average molecular weight is 307 g/mol. The first kappa shape index (κ1) is 14.2. The lowest BCUT2D eigenvalue weighted by atomic mass is 9.95. The fourth-order valence-corrected chi connectivity index (χ4v) is 3.12. The third kappa shape index (κ3) is 3.27. The smallest absolute Gasteiger partial charge is 0.246 e. The Hall–Kier alpha value is -1.80. The van der Waals surface area contributed by atoms with E-state index in [1.807, 2.05) is 17.5 Å². The fourth-order valence-electron chi connectivity index (χ4n) is 2.47. The molecule has 1 atom stereocenters. The molecule has 1 aliphatic rings. The molecule has 0 bridgehead atoms. The van der Waals surface area contributed by atoms with Crippen LogP contribution in [0, 0.1) is 0 Å². The highest BCUT2D eigenvalue weighted by molar-refractivity contribution is 7.13. The van der Waals surface area contributed by atoms with Crippen molar-refractivity contribution in [2.24, 2.45) is 0 Å². The highest BCUT2D eigenvalue weighted by atomic mass is 32.1. The number of β-amino-alcohol motifs (C(OH)–C–C–N with tert-alkyl or cyclic N) is 1. The summed E-state index contributed by atoms with van der Waals surface area (Å²) in [5.74, 6) is 0.438. The van der Waals surface area contributed by atoms with Gasteiger partial charge in [-0.1, -0.05) is 6.07 Å². The van der Waals surface area contributed by atoms with Gasteiger partial charge in [0.1, 0.15) is 6.54 Å². The van der Waals surface area contributed by atoms with Crippen molar-refractivity contribution in [1.82, 2.24) is 25.1 Å². The third-order valence-corrected chi connectivity index (χ3v) is 4.36. The largest absolute Gasteiger partial charge is 0.388 e. The molecule has 1 fully saturated rings. The molecule has 0 saturated carbocycles. The Morgan fingerprint density at radius 2 is 2.43 bits per heavy atom. The number of hydrogen-bond acceptors (Lipinski definition) is 6. The second kappa shape index (κ2) is 5.53. The van der Waals surface area contributed by atoms with Crippen LogP contribution in [-0.4, -0.2) is 54.8 Å². The standard InChI is InChI=1S/C13H17N5O2S/c1-13(20)5-3-6-17(9-13)11(19)8-18-15-12(14-16-18)10-4-2-7-21-10/h2,4,7,20H,3,5-6,8-9H2,1H3. The van der Waals surface area contributed by atoms with Gasteiger partial charge in [-0.2, -0.15) is 4.80 Å². The molecule has 2 aromatic heterocycles. The number of tetrazole rings is 1. The van der Waals surface area contributed by atoms with Gasteiger partial charge in [-0.15, -0.1) is 21.5 Å². The summed E-state index contributed by atoms with van der Waals surface area (Å²) in [4.78, 5) is 16.1. The van der Waals surface area contributed by atoms with Crippen LogP contribution in [0.1, 0.15) is 19.8 Å². The fraction of sp³-hybridized carbons (Fsp3) is 0.538. The molecular formula is C13H17N5O2S. The van der Waals surface area contributed by atoms with E-state index in [2.05, 4.69) is 15.4 Å². The van der Waals surface area contributed by atoms with Crippen LogP contribution in [0.4, 0.5) is 0 Å². The summed E-state index contributed by atoms with van der Waals surface area (Å²) in [6.07, 6.45) is 1.53. The Kier molecular flexibility index (Phi) is 3.73. The van der Waals surface area contributed by atoms with Gasteiger partial charge < -0.3 is 10.0 Å². The minimum Gasteiger partial charge on any atom is -0.388 e. The number of hydrogen-bond donors (Lipinski definition) is 1. The molecule has 7 nitrogen and oxygen atoms in total. The van der Waals surface area contributed by atoms with E-state index < -0.39 is 5.60 Å². The SMILES string of the molecule is CC1(O)CCCN(C(=O)Cn2nnc(-c3cccs3)n2)C1. The topological polar surface area (TPSA) is 84.1 Å². The summed E-state index contributed by atoms with van der Waals surface area (Å²) >= 11 is 1.53. The molecule has 3 rings (SSSR count). The number of aromatic nitrogens is 4. The minimum absolute atomic E-state index is 0.0501. The van der Waals surface area contributed by atoms with Crippen LogP contribution < -0.4 is 0 Å². The van der Waals surface area contributed by atoms with Gasteiger partial charge in [0, 0.05) is 13.1 Å². The second-order valence-electron chi connectivity index (χ2n) is 5.54. The lowest BCUT2D eigenvalue weighted by molar-refractivity contribution is -0.138. The molecule has 21 heavy (non-hydrogen) atoms. The van der Waals surface area contributed by atoms with Crippen molar-refractivity contribution in [3.05, 3.63) is 17.5 Å². The first-order valence-electron chi connectivity index (χ1n) is 6.85. The molecule has 0 aromatic carbocycles. The van der Waals surface area contributed by atoms with E-state index >= 15 is 0 Å². The lowest BCUT2D eigenvalue weighted by Crippen LogP contribution is -2.49. The van der Waals surface area contributed by atoms with E-state index in [0.717, 1.165) is 17.7 Å². The molecule has 2 aromatic rings. The van der Waals surface area contributed by atoms with Gasteiger partial charge in [-0.05, 0) is 36.4 Å². The Balaban J connectivity index is 1.65. The lowest BCUT2D eigenvalue weighted by Gasteiger charge is -2.36. The molecule has 0 spiro atoms. The maximum Gasteiger partial charge on any atom is 0.246 e. The zero-order valence-electron chi connectivity index (χ0n) is 11.8. The molecular weight excluding hydrogens is 290 g/mol. The van der Waals surface area contributed by atoms with Gasteiger partial charge >= 0.3 is 0 Å². The van der Waals surface area contributed by atoms with Crippen LogP contribution in [0.3, 0.4) is 0 Å². The van der Waals surface area contributed by atoms with Crippen LogP contribution in [-0.2, 0) is 11.3 Å². The average Bonchev–Trinajstić information content (AvgIpc) is 3.07. The van der Waals surface area contributed by atoms with E-state index in [-0.39, 0.29) is 12.5 Å². The molecule has 8 heteroatoms. The van der Waals surface area contributed by atoms with E-state index in [0.29, 0.717) is 18.9 Å². The normalized spacial score (nSPS) is 22.5. The summed E-state index contributed by atoms with van der Waals surface area (Å²) in [7, 11) is 0.